The molecule has 1 aliphatic heterocycles. The molecule has 1 aliphatic rings. The number of halogens is 1. The fourth-order valence-corrected chi connectivity index (χ4v) is 3.59. The molecule has 3 N–H and O–H groups in total. The van der Waals surface area contributed by atoms with Gasteiger partial charge in [-0.05, 0) is 36.4 Å². The first-order valence-electron chi connectivity index (χ1n) is 9.96. The maximum Gasteiger partial charge on any atom is 0.248 e. The smallest absolute Gasteiger partial charge is 0.248 e. The normalized spacial score (nSPS) is 14.4. The van der Waals surface area contributed by atoms with E-state index in [-0.39, 0.29) is 18.3 Å². The molecule has 4 rings (SSSR count). The molecule has 1 fully saturated rings. The minimum absolute atomic E-state index is 0.131. The summed E-state index contributed by atoms with van der Waals surface area (Å²) in [5.74, 6) is -0.260. The Hall–Kier alpha value is -3.72. The molecule has 0 atom stereocenters. The predicted molar refractivity (Wildman–Crippen MR) is 116 cm³/mol. The minimum atomic E-state index is -0.508. The number of hydrogen-bond donors (Lipinski definition) is 2. The predicted octanol–water partition coefficient (Wildman–Crippen LogP) is 1.87. The van der Waals surface area contributed by atoms with Crippen molar-refractivity contribution >= 4 is 23.5 Å². The maximum atomic E-state index is 14.2. The van der Waals surface area contributed by atoms with Gasteiger partial charge in [0, 0.05) is 49.8 Å². The van der Waals surface area contributed by atoms with Crippen molar-refractivity contribution in [2.75, 3.05) is 42.9 Å². The van der Waals surface area contributed by atoms with E-state index in [9.17, 15) is 14.0 Å². The third kappa shape index (κ3) is 4.72. The Bertz CT molecular complexity index is 1070. The second kappa shape index (κ2) is 8.97. The van der Waals surface area contributed by atoms with E-state index in [0.717, 1.165) is 0 Å². The standard InChI is InChI=1S/C22H23FN6O2/c23-18-3-1-2-4-19(18)29-10-9-25-22(29)28-13-11-27(12-14-28)15-20(30)26-17-7-5-16(6-8-17)21(24)31/h1-10H,11-15H2,(H2,24,31)(H,26,30). The van der Waals surface area contributed by atoms with Gasteiger partial charge in [-0.3, -0.25) is 19.1 Å². The average molecular weight is 422 g/mol. The van der Waals surface area contributed by atoms with Crippen molar-refractivity contribution in [3.05, 3.63) is 72.3 Å². The summed E-state index contributed by atoms with van der Waals surface area (Å²) in [6, 6.07) is 13.1. The van der Waals surface area contributed by atoms with Crippen molar-refractivity contribution in [3.8, 4) is 5.69 Å². The molecule has 1 saturated heterocycles. The van der Waals surface area contributed by atoms with E-state index in [0.29, 0.717) is 49.1 Å². The van der Waals surface area contributed by atoms with Gasteiger partial charge in [-0.1, -0.05) is 12.1 Å². The summed E-state index contributed by atoms with van der Waals surface area (Å²) < 4.78 is 15.9. The molecule has 8 nitrogen and oxygen atoms in total. The summed E-state index contributed by atoms with van der Waals surface area (Å²) in [7, 11) is 0. The lowest BCUT2D eigenvalue weighted by atomic mass is 10.2. The van der Waals surface area contributed by atoms with Crippen LogP contribution >= 0.6 is 0 Å². The van der Waals surface area contributed by atoms with Crippen LogP contribution in [0.4, 0.5) is 16.0 Å². The maximum absolute atomic E-state index is 14.2. The first-order valence-corrected chi connectivity index (χ1v) is 9.96. The van der Waals surface area contributed by atoms with Crippen LogP contribution in [0.5, 0.6) is 0 Å². The number of amides is 2. The zero-order valence-electron chi connectivity index (χ0n) is 16.9. The second-order valence-electron chi connectivity index (χ2n) is 7.30. The highest BCUT2D eigenvalue weighted by molar-refractivity contribution is 5.95. The average Bonchev–Trinajstić information content (AvgIpc) is 3.24. The number of nitrogens with two attached hydrogens (primary N) is 1. The number of nitrogens with zero attached hydrogens (tertiary/aromatic N) is 4. The summed E-state index contributed by atoms with van der Waals surface area (Å²) in [4.78, 5) is 32.0. The number of piperazine rings is 1. The molecule has 2 heterocycles. The Morgan fingerprint density at radius 3 is 2.42 bits per heavy atom. The fraction of sp³-hybridized carbons (Fsp3) is 0.227. The summed E-state index contributed by atoms with van der Waals surface area (Å²) in [6.07, 6.45) is 3.40. The number of anilines is 2. The first-order chi connectivity index (χ1) is 15.0. The number of nitrogens with one attached hydrogen (secondary N) is 1. The monoisotopic (exact) mass is 422 g/mol. The molecule has 31 heavy (non-hydrogen) atoms. The van der Waals surface area contributed by atoms with Crippen LogP contribution in [-0.2, 0) is 4.79 Å². The molecular weight excluding hydrogens is 399 g/mol. The van der Waals surface area contributed by atoms with Crippen molar-refractivity contribution in [1.29, 1.82) is 0 Å². The van der Waals surface area contributed by atoms with Gasteiger partial charge in [0.2, 0.25) is 17.8 Å². The SMILES string of the molecule is NC(=O)c1ccc(NC(=O)CN2CCN(c3nccn3-c3ccccc3F)CC2)cc1. The van der Waals surface area contributed by atoms with Crippen LogP contribution in [0.25, 0.3) is 5.69 Å². The van der Waals surface area contributed by atoms with Gasteiger partial charge in [0.25, 0.3) is 0 Å². The topological polar surface area (TPSA) is 96.5 Å². The van der Waals surface area contributed by atoms with E-state index in [1.54, 1.807) is 59.4 Å². The number of imidazole rings is 1. The molecule has 9 heteroatoms. The highest BCUT2D eigenvalue weighted by atomic mass is 19.1. The van der Waals surface area contributed by atoms with Gasteiger partial charge in [0.1, 0.15) is 5.82 Å². The second-order valence-corrected chi connectivity index (χ2v) is 7.30. The highest BCUT2D eigenvalue weighted by Gasteiger charge is 2.23. The zero-order valence-corrected chi connectivity index (χ0v) is 16.9. The molecule has 0 aliphatic carbocycles. The summed E-state index contributed by atoms with van der Waals surface area (Å²) in [6.45, 7) is 2.96. The van der Waals surface area contributed by atoms with Crippen LogP contribution < -0.4 is 16.0 Å². The summed E-state index contributed by atoms with van der Waals surface area (Å²) >= 11 is 0. The van der Waals surface area contributed by atoms with Crippen LogP contribution in [0.1, 0.15) is 10.4 Å². The lowest BCUT2D eigenvalue weighted by Gasteiger charge is -2.35. The Morgan fingerprint density at radius 2 is 1.74 bits per heavy atom. The number of primary amides is 1. The molecule has 0 saturated carbocycles. The number of benzene rings is 2. The van der Waals surface area contributed by atoms with Gasteiger partial charge < -0.3 is 16.0 Å². The van der Waals surface area contributed by atoms with Crippen LogP contribution in [0, 0.1) is 5.82 Å². The molecule has 1 aromatic heterocycles. The van der Waals surface area contributed by atoms with Gasteiger partial charge in [-0.15, -0.1) is 0 Å². The quantitative estimate of drug-likeness (QED) is 0.632. The van der Waals surface area contributed by atoms with Crippen molar-refractivity contribution in [3.63, 3.8) is 0 Å². The molecular formula is C22H23FN6O2. The Labute approximate surface area is 179 Å². The van der Waals surface area contributed by atoms with E-state index >= 15 is 0 Å². The van der Waals surface area contributed by atoms with E-state index < -0.39 is 5.91 Å². The Morgan fingerprint density at radius 1 is 1.03 bits per heavy atom. The first kappa shape index (κ1) is 20.5. The van der Waals surface area contributed by atoms with Gasteiger partial charge in [0.05, 0.1) is 12.2 Å². The lowest BCUT2D eigenvalue weighted by Crippen LogP contribution is -2.49. The molecule has 0 radical (unpaired) electrons. The van der Waals surface area contributed by atoms with Crippen LogP contribution in [-0.4, -0.2) is 59.0 Å². The zero-order chi connectivity index (χ0) is 21.8. The molecule has 0 bridgehead atoms. The van der Waals surface area contributed by atoms with E-state index in [1.807, 2.05) is 0 Å². The van der Waals surface area contributed by atoms with E-state index in [2.05, 4.69) is 20.1 Å². The third-order valence-corrected chi connectivity index (χ3v) is 5.21. The Balaban J connectivity index is 1.32. The molecule has 0 spiro atoms. The number of aromatic nitrogens is 2. The molecule has 3 aromatic rings. The molecule has 2 amide bonds. The number of carbonyl (C=O) groups excluding carboxylic acids is 2. The van der Waals surface area contributed by atoms with Gasteiger partial charge >= 0.3 is 0 Å². The number of carbonyl (C=O) groups is 2. The number of rotatable bonds is 6. The number of para-hydroxylation sites is 1. The van der Waals surface area contributed by atoms with Crippen molar-refractivity contribution < 1.29 is 14.0 Å². The number of hydrogen-bond acceptors (Lipinski definition) is 5. The van der Waals surface area contributed by atoms with E-state index in [1.165, 1.54) is 6.07 Å². The van der Waals surface area contributed by atoms with Gasteiger partial charge in [0.15, 0.2) is 0 Å². The van der Waals surface area contributed by atoms with Gasteiger partial charge in [-0.25, -0.2) is 9.37 Å². The largest absolute Gasteiger partial charge is 0.366 e. The molecule has 2 aromatic carbocycles. The third-order valence-electron chi connectivity index (χ3n) is 5.21. The minimum Gasteiger partial charge on any atom is -0.366 e. The van der Waals surface area contributed by atoms with Gasteiger partial charge in [-0.2, -0.15) is 0 Å². The van der Waals surface area contributed by atoms with Crippen LogP contribution in [0.3, 0.4) is 0 Å². The van der Waals surface area contributed by atoms with E-state index in [4.69, 9.17) is 5.73 Å². The van der Waals surface area contributed by atoms with Crippen molar-refractivity contribution in [2.24, 2.45) is 5.73 Å². The molecule has 0 unspecified atom stereocenters. The van der Waals surface area contributed by atoms with Crippen molar-refractivity contribution in [1.82, 2.24) is 14.5 Å². The Kier molecular flexibility index (Phi) is 5.94. The van der Waals surface area contributed by atoms with Crippen LogP contribution in [0.15, 0.2) is 60.9 Å². The molecule has 160 valence electrons. The van der Waals surface area contributed by atoms with Crippen LogP contribution in [0.2, 0.25) is 0 Å². The summed E-state index contributed by atoms with van der Waals surface area (Å²) in [5, 5.41) is 2.83. The highest BCUT2D eigenvalue weighted by Crippen LogP contribution is 2.21. The lowest BCUT2D eigenvalue weighted by molar-refractivity contribution is -0.117. The summed E-state index contributed by atoms with van der Waals surface area (Å²) in [5.41, 5.74) is 6.68. The fourth-order valence-electron chi connectivity index (χ4n) is 3.59. The van der Waals surface area contributed by atoms with Crippen molar-refractivity contribution in [2.45, 2.75) is 0 Å².